The summed E-state index contributed by atoms with van der Waals surface area (Å²) < 4.78 is 0. The number of guanidine groups is 1. The van der Waals surface area contributed by atoms with Gasteiger partial charge in [-0.1, -0.05) is 0 Å². The number of piperazine rings is 1. The van der Waals surface area contributed by atoms with Crippen LogP contribution in [0.1, 0.15) is 6.92 Å². The molecule has 0 radical (unpaired) electrons. The first-order valence-corrected chi connectivity index (χ1v) is 5.16. The van der Waals surface area contributed by atoms with Gasteiger partial charge in [-0.05, 0) is 6.92 Å². The fourth-order valence-corrected chi connectivity index (χ4v) is 1.60. The Bertz CT molecular complexity index is 187. The summed E-state index contributed by atoms with van der Waals surface area (Å²) >= 11 is 0. The van der Waals surface area contributed by atoms with Gasteiger partial charge in [0.25, 0.3) is 0 Å². The van der Waals surface area contributed by atoms with Gasteiger partial charge < -0.3 is 15.7 Å². The van der Waals surface area contributed by atoms with Crippen LogP contribution < -0.4 is 5.73 Å². The summed E-state index contributed by atoms with van der Waals surface area (Å²) in [6.45, 7) is 7.46. The van der Waals surface area contributed by atoms with Crippen molar-refractivity contribution in [1.82, 2.24) is 9.80 Å². The Balaban J connectivity index is 2.31. The van der Waals surface area contributed by atoms with Crippen LogP contribution in [0.2, 0.25) is 0 Å². The lowest BCUT2D eigenvalue weighted by molar-refractivity contribution is 0.146. The second kappa shape index (κ2) is 5.82. The molecule has 0 spiro atoms. The highest BCUT2D eigenvalue weighted by Crippen LogP contribution is 2.00. The standard InChI is InChI=1S/C9H20N4O/c1-2-11-9(10)13-5-3-12(4-6-13)7-8-14/h14H,2-8H2,1H3,(H2,10,11). The van der Waals surface area contributed by atoms with E-state index in [0.717, 1.165) is 39.3 Å². The molecule has 5 heteroatoms. The van der Waals surface area contributed by atoms with Crippen LogP contribution in [0.5, 0.6) is 0 Å². The van der Waals surface area contributed by atoms with Crippen LogP contribution in [0.25, 0.3) is 0 Å². The highest BCUT2D eigenvalue weighted by molar-refractivity contribution is 5.78. The van der Waals surface area contributed by atoms with Gasteiger partial charge in [0.1, 0.15) is 0 Å². The van der Waals surface area contributed by atoms with Crippen molar-refractivity contribution in [2.24, 2.45) is 10.7 Å². The summed E-state index contributed by atoms with van der Waals surface area (Å²) in [5.74, 6) is 0.649. The molecule has 1 rings (SSSR count). The van der Waals surface area contributed by atoms with Gasteiger partial charge in [-0.15, -0.1) is 0 Å². The quantitative estimate of drug-likeness (QED) is 0.450. The summed E-state index contributed by atoms with van der Waals surface area (Å²) in [6, 6.07) is 0. The van der Waals surface area contributed by atoms with Gasteiger partial charge in [0.2, 0.25) is 0 Å². The first-order chi connectivity index (χ1) is 6.77. The number of hydrogen-bond donors (Lipinski definition) is 2. The Labute approximate surface area is 85.2 Å². The third-order valence-corrected chi connectivity index (χ3v) is 2.43. The predicted molar refractivity (Wildman–Crippen MR) is 57.3 cm³/mol. The molecule has 3 N–H and O–H groups in total. The maximum Gasteiger partial charge on any atom is 0.191 e. The van der Waals surface area contributed by atoms with Crippen LogP contribution >= 0.6 is 0 Å². The number of nitrogens with two attached hydrogens (primary N) is 1. The van der Waals surface area contributed by atoms with E-state index in [1.54, 1.807) is 0 Å². The fraction of sp³-hybridized carbons (Fsp3) is 0.889. The monoisotopic (exact) mass is 200 g/mol. The zero-order valence-electron chi connectivity index (χ0n) is 8.82. The number of aliphatic imine (C=N–C) groups is 1. The summed E-state index contributed by atoms with van der Waals surface area (Å²) in [5.41, 5.74) is 5.79. The molecule has 0 unspecified atom stereocenters. The Kier molecular flexibility index (Phi) is 4.69. The molecule has 1 heterocycles. The largest absolute Gasteiger partial charge is 0.395 e. The zero-order chi connectivity index (χ0) is 10.4. The van der Waals surface area contributed by atoms with E-state index in [-0.39, 0.29) is 6.61 Å². The lowest BCUT2D eigenvalue weighted by Crippen LogP contribution is -2.51. The van der Waals surface area contributed by atoms with Crippen LogP contribution in [-0.2, 0) is 0 Å². The van der Waals surface area contributed by atoms with Gasteiger partial charge in [0.05, 0.1) is 6.61 Å². The molecule has 0 saturated carbocycles. The van der Waals surface area contributed by atoms with Crippen LogP contribution in [-0.4, -0.2) is 66.7 Å². The Morgan fingerprint density at radius 3 is 2.50 bits per heavy atom. The SMILES string of the molecule is CCN=C(N)N1CCN(CCO)CC1. The summed E-state index contributed by atoms with van der Waals surface area (Å²) in [6.07, 6.45) is 0. The van der Waals surface area contributed by atoms with Gasteiger partial charge in [0.15, 0.2) is 5.96 Å². The number of aliphatic hydroxyl groups is 1. The fourth-order valence-electron chi connectivity index (χ4n) is 1.60. The minimum atomic E-state index is 0.235. The average molecular weight is 200 g/mol. The van der Waals surface area contributed by atoms with Crippen molar-refractivity contribution in [1.29, 1.82) is 0 Å². The number of hydrogen-bond acceptors (Lipinski definition) is 3. The second-order valence-electron chi connectivity index (χ2n) is 3.38. The molecule has 14 heavy (non-hydrogen) atoms. The van der Waals surface area contributed by atoms with Crippen LogP contribution in [0.15, 0.2) is 4.99 Å². The van der Waals surface area contributed by atoms with Crippen molar-refractivity contribution in [3.8, 4) is 0 Å². The van der Waals surface area contributed by atoms with Crippen LogP contribution in [0, 0.1) is 0 Å². The molecule has 0 aliphatic carbocycles. The lowest BCUT2D eigenvalue weighted by Gasteiger charge is -2.34. The van der Waals surface area contributed by atoms with Crippen LogP contribution in [0.3, 0.4) is 0 Å². The first kappa shape index (κ1) is 11.3. The molecule has 1 aliphatic rings. The van der Waals surface area contributed by atoms with Gasteiger partial charge in [-0.25, -0.2) is 0 Å². The molecule has 0 aromatic heterocycles. The molecule has 5 nitrogen and oxygen atoms in total. The van der Waals surface area contributed by atoms with E-state index < -0.39 is 0 Å². The molecular weight excluding hydrogens is 180 g/mol. The zero-order valence-corrected chi connectivity index (χ0v) is 8.82. The van der Waals surface area contributed by atoms with Crippen molar-refractivity contribution in [3.05, 3.63) is 0 Å². The van der Waals surface area contributed by atoms with E-state index in [9.17, 15) is 0 Å². The van der Waals surface area contributed by atoms with Crippen molar-refractivity contribution < 1.29 is 5.11 Å². The molecule has 0 atom stereocenters. The maximum absolute atomic E-state index is 8.77. The summed E-state index contributed by atoms with van der Waals surface area (Å²) in [5, 5.41) is 8.77. The maximum atomic E-state index is 8.77. The van der Waals surface area contributed by atoms with E-state index in [0.29, 0.717) is 5.96 Å². The molecule has 1 fully saturated rings. The van der Waals surface area contributed by atoms with Gasteiger partial charge >= 0.3 is 0 Å². The Hall–Kier alpha value is -0.810. The van der Waals surface area contributed by atoms with E-state index in [1.807, 2.05) is 6.92 Å². The topological polar surface area (TPSA) is 65.1 Å². The smallest absolute Gasteiger partial charge is 0.191 e. The molecule has 0 aromatic rings. The molecule has 0 bridgehead atoms. The van der Waals surface area contributed by atoms with Crippen molar-refractivity contribution in [3.63, 3.8) is 0 Å². The number of β-amino-alcohol motifs (C(OH)–C–C–N with tert-alkyl or cyclic N) is 1. The number of nitrogens with zero attached hydrogens (tertiary/aromatic N) is 3. The Morgan fingerprint density at radius 2 is 2.00 bits per heavy atom. The average Bonchev–Trinajstić information content (AvgIpc) is 2.20. The molecular formula is C9H20N4O. The van der Waals surface area contributed by atoms with E-state index in [2.05, 4.69) is 14.8 Å². The molecule has 0 aromatic carbocycles. The first-order valence-electron chi connectivity index (χ1n) is 5.16. The van der Waals surface area contributed by atoms with E-state index in [1.165, 1.54) is 0 Å². The van der Waals surface area contributed by atoms with Crippen molar-refractivity contribution >= 4 is 5.96 Å². The minimum Gasteiger partial charge on any atom is -0.395 e. The van der Waals surface area contributed by atoms with Crippen molar-refractivity contribution in [2.45, 2.75) is 6.92 Å². The predicted octanol–water partition coefficient (Wildman–Crippen LogP) is -1.07. The molecule has 1 saturated heterocycles. The van der Waals surface area contributed by atoms with Gasteiger partial charge in [0, 0.05) is 39.3 Å². The number of aliphatic hydroxyl groups excluding tert-OH is 1. The number of rotatable bonds is 3. The van der Waals surface area contributed by atoms with Crippen LogP contribution in [0.4, 0.5) is 0 Å². The molecule has 82 valence electrons. The Morgan fingerprint density at radius 1 is 1.36 bits per heavy atom. The molecule has 0 amide bonds. The van der Waals surface area contributed by atoms with Crippen molar-refractivity contribution in [2.75, 3.05) is 45.9 Å². The second-order valence-corrected chi connectivity index (χ2v) is 3.38. The lowest BCUT2D eigenvalue weighted by atomic mass is 10.3. The third-order valence-electron chi connectivity index (χ3n) is 2.43. The third kappa shape index (κ3) is 3.16. The minimum absolute atomic E-state index is 0.235. The molecule has 1 aliphatic heterocycles. The van der Waals surface area contributed by atoms with Gasteiger partial charge in [-0.2, -0.15) is 0 Å². The summed E-state index contributed by atoms with van der Waals surface area (Å²) in [7, 11) is 0. The van der Waals surface area contributed by atoms with E-state index in [4.69, 9.17) is 10.8 Å². The van der Waals surface area contributed by atoms with Gasteiger partial charge in [-0.3, -0.25) is 9.89 Å². The van der Waals surface area contributed by atoms with E-state index >= 15 is 0 Å². The highest BCUT2D eigenvalue weighted by Gasteiger charge is 2.16. The normalized spacial score (nSPS) is 20.1. The highest BCUT2D eigenvalue weighted by atomic mass is 16.3. The summed E-state index contributed by atoms with van der Waals surface area (Å²) in [4.78, 5) is 8.50.